The number of ether oxygens (including phenoxy) is 3. The highest BCUT2D eigenvalue weighted by atomic mass is 32.1. The number of amides is 2. The minimum Gasteiger partial charge on any atom is -0.493 e. The second-order valence-electron chi connectivity index (χ2n) is 7.60. The summed E-state index contributed by atoms with van der Waals surface area (Å²) in [5, 5.41) is 15.9. The van der Waals surface area contributed by atoms with Gasteiger partial charge in [-0.1, -0.05) is 6.07 Å². The van der Waals surface area contributed by atoms with E-state index in [0.717, 1.165) is 30.6 Å². The monoisotopic (exact) mass is 543 g/mol. The molecule has 0 saturated heterocycles. The second-order valence-corrected chi connectivity index (χ2v) is 8.48. The van der Waals surface area contributed by atoms with Crippen molar-refractivity contribution < 1.29 is 42.5 Å². The first-order valence-electron chi connectivity index (χ1n) is 10.8. The van der Waals surface area contributed by atoms with Crippen LogP contribution in [0.1, 0.15) is 25.6 Å². The summed E-state index contributed by atoms with van der Waals surface area (Å²) < 4.78 is 44.8. The Kier molecular flexibility index (Phi) is 7.67. The third kappa shape index (κ3) is 5.32. The summed E-state index contributed by atoms with van der Waals surface area (Å²) in [7, 11) is 2.38. The molecule has 0 aliphatic heterocycles. The van der Waals surface area contributed by atoms with Crippen molar-refractivity contribution in [3.05, 3.63) is 75.6 Å². The summed E-state index contributed by atoms with van der Waals surface area (Å²) in [4.78, 5) is 39.9. The second kappa shape index (κ2) is 11.1. The molecule has 0 fully saturated rings. The number of esters is 1. The van der Waals surface area contributed by atoms with Crippen molar-refractivity contribution in [3.8, 4) is 11.5 Å². The third-order valence-electron chi connectivity index (χ3n) is 5.32. The van der Waals surface area contributed by atoms with Crippen LogP contribution in [0.25, 0.3) is 10.9 Å². The normalized spacial score (nSPS) is 10.6. The number of carbonyl (C=O) groups is 3. The van der Waals surface area contributed by atoms with Crippen LogP contribution in [0.5, 0.6) is 11.5 Å². The average Bonchev–Trinajstić information content (AvgIpc) is 3.32. The maximum absolute atomic E-state index is 14.9. The largest absolute Gasteiger partial charge is 0.493 e. The van der Waals surface area contributed by atoms with Crippen molar-refractivity contribution in [2.24, 2.45) is 0 Å². The van der Waals surface area contributed by atoms with Gasteiger partial charge in [-0.2, -0.15) is 0 Å². The number of methoxy groups -OCH3 is 2. The van der Waals surface area contributed by atoms with Gasteiger partial charge in [-0.15, -0.1) is 11.3 Å². The van der Waals surface area contributed by atoms with Crippen LogP contribution < -0.4 is 20.1 Å². The topological polar surface area (TPSA) is 136 Å². The third-order valence-corrected chi connectivity index (χ3v) is 6.28. The van der Waals surface area contributed by atoms with Gasteiger partial charge in [0.2, 0.25) is 0 Å². The van der Waals surface area contributed by atoms with Gasteiger partial charge >= 0.3 is 18.0 Å². The van der Waals surface area contributed by atoms with E-state index in [0.29, 0.717) is 10.9 Å². The van der Waals surface area contributed by atoms with Crippen molar-refractivity contribution >= 4 is 51.6 Å². The zero-order chi connectivity index (χ0) is 27.4. The number of benzene rings is 2. The van der Waals surface area contributed by atoms with E-state index in [9.17, 15) is 28.3 Å². The Morgan fingerprint density at radius 3 is 2.50 bits per heavy atom. The molecule has 4 aromatic rings. The maximum atomic E-state index is 14.9. The van der Waals surface area contributed by atoms with Gasteiger partial charge in [-0.25, -0.2) is 23.2 Å². The molecule has 2 amide bonds. The van der Waals surface area contributed by atoms with Crippen molar-refractivity contribution in [2.75, 3.05) is 24.9 Å². The Bertz CT molecular complexity index is 1560. The molecule has 196 valence electrons. The van der Waals surface area contributed by atoms with Gasteiger partial charge in [-0.3, -0.25) is 4.98 Å². The summed E-state index contributed by atoms with van der Waals surface area (Å²) in [6.07, 6.45) is 1.52. The van der Waals surface area contributed by atoms with E-state index in [4.69, 9.17) is 9.47 Å². The molecule has 0 bridgehead atoms. The van der Waals surface area contributed by atoms with Crippen LogP contribution in [0.2, 0.25) is 0 Å². The first-order chi connectivity index (χ1) is 18.2. The van der Waals surface area contributed by atoms with E-state index in [2.05, 4.69) is 20.4 Å². The van der Waals surface area contributed by atoms with E-state index < -0.39 is 35.2 Å². The van der Waals surface area contributed by atoms with Crippen LogP contribution in [0.15, 0.2) is 48.0 Å². The Balaban J connectivity index is 1.53. The predicted octanol–water partition coefficient (Wildman–Crippen LogP) is 5.29. The van der Waals surface area contributed by atoms with E-state index in [1.54, 1.807) is 18.2 Å². The molecule has 2 aromatic carbocycles. The van der Waals surface area contributed by atoms with E-state index in [-0.39, 0.29) is 39.9 Å². The number of aromatic carboxylic acids is 1. The lowest BCUT2D eigenvalue weighted by Crippen LogP contribution is -2.21. The molecule has 2 heterocycles. The van der Waals surface area contributed by atoms with Gasteiger partial charge < -0.3 is 30.0 Å². The Morgan fingerprint density at radius 2 is 1.79 bits per heavy atom. The molecule has 3 N–H and O–H groups in total. The van der Waals surface area contributed by atoms with Crippen LogP contribution in [0.3, 0.4) is 0 Å². The zero-order valence-corrected chi connectivity index (χ0v) is 20.7. The number of carbonyl (C=O) groups excluding carboxylic acids is 2. The number of hydrogen-bond donors (Lipinski definition) is 3. The molecular weight excluding hydrogens is 524 g/mol. The number of halogens is 2. The molecule has 0 saturated carbocycles. The molecule has 13 heteroatoms. The standard InChI is InChI=1S/C25H19F2N3O7S/c1-35-18-9-16(29-25(34)30-17-11-38-22(24(33)36-2)20(17)23(31)32)15(27)8-19(18)37-10-13-14(26)6-5-12-4-3-7-28-21(12)13/h3-9,11H,10H2,1-2H3,(H,31,32)(H2,29,30,34). The fourth-order valence-electron chi connectivity index (χ4n) is 3.55. The highest BCUT2D eigenvalue weighted by Gasteiger charge is 2.25. The van der Waals surface area contributed by atoms with Crippen LogP contribution in [0, 0.1) is 11.6 Å². The van der Waals surface area contributed by atoms with Gasteiger partial charge in [0, 0.05) is 29.1 Å². The number of fused-ring (bicyclic) bond motifs is 1. The van der Waals surface area contributed by atoms with Gasteiger partial charge in [0.25, 0.3) is 0 Å². The molecule has 0 radical (unpaired) electrons. The number of anilines is 2. The number of nitrogens with zero attached hydrogens (tertiary/aromatic N) is 1. The number of urea groups is 1. The number of aromatic nitrogens is 1. The van der Waals surface area contributed by atoms with Crippen molar-refractivity contribution in [2.45, 2.75) is 6.61 Å². The molecular formula is C25H19F2N3O7S. The summed E-state index contributed by atoms with van der Waals surface area (Å²) >= 11 is 0.762. The van der Waals surface area contributed by atoms with Gasteiger partial charge in [0.15, 0.2) is 17.3 Å². The molecule has 2 aromatic heterocycles. The lowest BCUT2D eigenvalue weighted by atomic mass is 10.1. The minimum atomic E-state index is -1.46. The number of thiophene rings is 1. The fraction of sp³-hybridized carbons (Fsp3) is 0.120. The van der Waals surface area contributed by atoms with E-state index in [1.165, 1.54) is 24.8 Å². The Morgan fingerprint density at radius 1 is 1.03 bits per heavy atom. The van der Waals surface area contributed by atoms with Crippen LogP contribution >= 0.6 is 11.3 Å². The van der Waals surface area contributed by atoms with E-state index in [1.807, 2.05) is 0 Å². The van der Waals surface area contributed by atoms with Crippen molar-refractivity contribution in [3.63, 3.8) is 0 Å². The lowest BCUT2D eigenvalue weighted by molar-refractivity contribution is 0.0589. The molecule has 0 atom stereocenters. The fourth-order valence-corrected chi connectivity index (χ4v) is 4.46. The van der Waals surface area contributed by atoms with Crippen LogP contribution in [0.4, 0.5) is 25.0 Å². The van der Waals surface area contributed by atoms with Crippen molar-refractivity contribution in [1.82, 2.24) is 4.98 Å². The van der Waals surface area contributed by atoms with Crippen LogP contribution in [-0.2, 0) is 11.3 Å². The number of carboxylic acid groups (broad SMARTS) is 1. The smallest absolute Gasteiger partial charge is 0.349 e. The number of nitrogens with one attached hydrogen (secondary N) is 2. The molecule has 0 aliphatic carbocycles. The summed E-state index contributed by atoms with van der Waals surface area (Å²) in [5.41, 5.74) is -0.396. The summed E-state index contributed by atoms with van der Waals surface area (Å²) in [6.45, 7) is -0.276. The molecule has 0 unspecified atom stereocenters. The average molecular weight is 544 g/mol. The predicted molar refractivity (Wildman–Crippen MR) is 134 cm³/mol. The van der Waals surface area contributed by atoms with Crippen molar-refractivity contribution in [1.29, 1.82) is 0 Å². The zero-order valence-electron chi connectivity index (χ0n) is 19.8. The van der Waals surface area contributed by atoms with Gasteiger partial charge in [-0.05, 0) is 18.2 Å². The maximum Gasteiger partial charge on any atom is 0.349 e. The number of pyridine rings is 1. The molecule has 10 nitrogen and oxygen atoms in total. The lowest BCUT2D eigenvalue weighted by Gasteiger charge is -2.15. The Hall–Kier alpha value is -4.78. The SMILES string of the molecule is COC(=O)c1scc(NC(=O)Nc2cc(OC)c(OCc3c(F)ccc4cccnc34)cc2F)c1C(=O)O. The first kappa shape index (κ1) is 26.3. The number of carboxylic acids is 1. The quantitative estimate of drug-likeness (QED) is 0.255. The first-order valence-corrected chi connectivity index (χ1v) is 11.6. The highest BCUT2D eigenvalue weighted by Crippen LogP contribution is 2.34. The van der Waals surface area contributed by atoms with Gasteiger partial charge in [0.1, 0.15) is 22.9 Å². The summed E-state index contributed by atoms with van der Waals surface area (Å²) in [5.74, 6) is -3.83. The van der Waals surface area contributed by atoms with Gasteiger partial charge in [0.05, 0.1) is 36.7 Å². The molecule has 0 aliphatic rings. The Labute approximate surface area is 217 Å². The van der Waals surface area contributed by atoms with E-state index >= 15 is 0 Å². The summed E-state index contributed by atoms with van der Waals surface area (Å²) in [6, 6.07) is 7.45. The number of hydrogen-bond acceptors (Lipinski definition) is 8. The molecule has 0 spiro atoms. The minimum absolute atomic E-state index is 0.0324. The highest BCUT2D eigenvalue weighted by molar-refractivity contribution is 7.13. The molecule has 38 heavy (non-hydrogen) atoms. The number of rotatable bonds is 8. The molecule has 4 rings (SSSR count). The van der Waals surface area contributed by atoms with Crippen LogP contribution in [-0.4, -0.2) is 42.3 Å².